The Kier molecular flexibility index (Phi) is 6.66. The zero-order valence-electron chi connectivity index (χ0n) is 30.3. The molecular weight excluding hydrogens is 681 g/mol. The summed E-state index contributed by atoms with van der Waals surface area (Å²) in [6.07, 6.45) is 0. The highest BCUT2D eigenvalue weighted by molar-refractivity contribution is 6.22. The number of rotatable bonds is 4. The molecule has 260 valence electrons. The fourth-order valence-electron chi connectivity index (χ4n) is 9.18. The smallest absolute Gasteiger partial charge is 0.136 e. The molecule has 0 unspecified atom stereocenters. The van der Waals surface area contributed by atoms with Gasteiger partial charge in [-0.2, -0.15) is 0 Å². The largest absolute Gasteiger partial charge is 0.456 e. The van der Waals surface area contributed by atoms with Crippen molar-refractivity contribution in [3.8, 4) is 44.5 Å². The summed E-state index contributed by atoms with van der Waals surface area (Å²) in [5.74, 6) is 0. The zero-order chi connectivity index (χ0) is 36.7. The van der Waals surface area contributed by atoms with Gasteiger partial charge in [-0.05, 0) is 114 Å². The molecule has 0 N–H and O–H groups in total. The molecule has 2 aromatic heterocycles. The number of para-hydroxylation sites is 2. The van der Waals surface area contributed by atoms with Crippen molar-refractivity contribution in [3.63, 3.8) is 0 Å². The molecule has 12 rings (SSSR count). The van der Waals surface area contributed by atoms with E-state index in [-0.39, 0.29) is 0 Å². The van der Waals surface area contributed by atoms with Crippen molar-refractivity contribution in [2.75, 3.05) is 0 Å². The predicted molar refractivity (Wildman–Crippen MR) is 235 cm³/mol. The molecule has 0 bridgehead atoms. The lowest BCUT2D eigenvalue weighted by atomic mass is 9.84. The van der Waals surface area contributed by atoms with E-state index < -0.39 is 0 Å². The highest BCUT2D eigenvalue weighted by Gasteiger charge is 2.21. The van der Waals surface area contributed by atoms with Crippen molar-refractivity contribution < 1.29 is 8.83 Å². The Morgan fingerprint density at radius 1 is 0.250 bits per heavy atom. The molecule has 0 saturated heterocycles. The average molecular weight is 713 g/mol. The van der Waals surface area contributed by atoms with Crippen LogP contribution >= 0.6 is 0 Å². The molecule has 0 spiro atoms. The minimum Gasteiger partial charge on any atom is -0.456 e. The summed E-state index contributed by atoms with van der Waals surface area (Å²) in [6, 6.07) is 69.9. The second kappa shape index (κ2) is 12.0. The highest BCUT2D eigenvalue weighted by atomic mass is 16.3. The zero-order valence-corrected chi connectivity index (χ0v) is 30.3. The minimum atomic E-state index is 0.871. The average Bonchev–Trinajstić information content (AvgIpc) is 3.83. The first-order valence-corrected chi connectivity index (χ1v) is 19.2. The van der Waals surface area contributed by atoms with Gasteiger partial charge in [-0.25, -0.2) is 0 Å². The summed E-state index contributed by atoms with van der Waals surface area (Å²) in [6.45, 7) is 0. The first-order chi connectivity index (χ1) is 27.8. The van der Waals surface area contributed by atoms with Crippen LogP contribution in [0.15, 0.2) is 203 Å². The van der Waals surface area contributed by atoms with Crippen molar-refractivity contribution in [2.24, 2.45) is 0 Å². The topological polar surface area (TPSA) is 26.3 Å². The van der Waals surface area contributed by atoms with Gasteiger partial charge in [0, 0.05) is 27.1 Å². The maximum atomic E-state index is 6.51. The Bertz CT molecular complexity index is 3490. The van der Waals surface area contributed by atoms with Crippen LogP contribution in [0.4, 0.5) is 0 Å². The molecule has 0 saturated carbocycles. The van der Waals surface area contributed by atoms with Gasteiger partial charge in [-0.15, -0.1) is 0 Å². The van der Waals surface area contributed by atoms with Crippen molar-refractivity contribution in [3.05, 3.63) is 194 Å². The Morgan fingerprint density at radius 2 is 0.768 bits per heavy atom. The van der Waals surface area contributed by atoms with Crippen molar-refractivity contribution in [1.29, 1.82) is 0 Å². The normalized spacial score (nSPS) is 11.9. The number of hydrogen-bond donors (Lipinski definition) is 0. The van der Waals surface area contributed by atoms with Crippen LogP contribution in [0.3, 0.4) is 0 Å². The third-order valence-corrected chi connectivity index (χ3v) is 11.6. The molecular formula is C54H32O2. The number of fused-ring (bicyclic) bond motifs is 9. The Morgan fingerprint density at radius 3 is 1.48 bits per heavy atom. The molecule has 2 heteroatoms. The second-order valence-electron chi connectivity index (χ2n) is 14.8. The summed E-state index contributed by atoms with van der Waals surface area (Å²) in [4.78, 5) is 0. The second-order valence-corrected chi connectivity index (χ2v) is 14.8. The lowest BCUT2D eigenvalue weighted by Gasteiger charge is -2.19. The fourth-order valence-corrected chi connectivity index (χ4v) is 9.18. The van der Waals surface area contributed by atoms with Gasteiger partial charge in [0.1, 0.15) is 22.3 Å². The summed E-state index contributed by atoms with van der Waals surface area (Å²) < 4.78 is 12.9. The van der Waals surface area contributed by atoms with E-state index in [1.54, 1.807) is 0 Å². The maximum absolute atomic E-state index is 6.51. The van der Waals surface area contributed by atoms with Crippen LogP contribution in [-0.2, 0) is 0 Å². The summed E-state index contributed by atoms with van der Waals surface area (Å²) in [5.41, 5.74) is 12.9. The Labute approximate surface area is 322 Å². The van der Waals surface area contributed by atoms with Gasteiger partial charge >= 0.3 is 0 Å². The van der Waals surface area contributed by atoms with Crippen molar-refractivity contribution in [2.45, 2.75) is 0 Å². The van der Waals surface area contributed by atoms with Crippen molar-refractivity contribution >= 4 is 76.2 Å². The summed E-state index contributed by atoms with van der Waals surface area (Å²) in [7, 11) is 0. The first-order valence-electron chi connectivity index (χ1n) is 19.2. The van der Waals surface area contributed by atoms with E-state index in [4.69, 9.17) is 8.83 Å². The van der Waals surface area contributed by atoms with Crippen LogP contribution in [0.1, 0.15) is 0 Å². The number of hydrogen-bond acceptors (Lipinski definition) is 2. The monoisotopic (exact) mass is 712 g/mol. The lowest BCUT2D eigenvalue weighted by Crippen LogP contribution is -1.92. The van der Waals surface area contributed by atoms with E-state index in [1.165, 1.54) is 54.6 Å². The number of benzene rings is 10. The first kappa shape index (κ1) is 31.0. The maximum Gasteiger partial charge on any atom is 0.136 e. The van der Waals surface area contributed by atoms with Crippen LogP contribution in [-0.4, -0.2) is 0 Å². The molecule has 2 heterocycles. The Balaban J connectivity index is 1.12. The third-order valence-electron chi connectivity index (χ3n) is 11.6. The summed E-state index contributed by atoms with van der Waals surface area (Å²) in [5, 5.41) is 11.9. The van der Waals surface area contributed by atoms with Gasteiger partial charge in [0.05, 0.1) is 0 Å². The molecule has 10 aromatic carbocycles. The fraction of sp³-hybridized carbons (Fsp3) is 0. The van der Waals surface area contributed by atoms with E-state index in [9.17, 15) is 0 Å². The van der Waals surface area contributed by atoms with E-state index in [0.29, 0.717) is 0 Å². The lowest BCUT2D eigenvalue weighted by molar-refractivity contribution is 0.669. The van der Waals surface area contributed by atoms with Crippen LogP contribution in [0.5, 0.6) is 0 Å². The molecule has 2 nitrogen and oxygen atoms in total. The SMILES string of the molecule is c1cc(-c2c3ccccc3c(-c3ccc4ccccc4c3)c3ccccc23)cc(-c2c(-c3ccc4c(c3)oc3ccccc34)ccc3oc4ccccc4c23)c1. The van der Waals surface area contributed by atoms with Crippen LogP contribution < -0.4 is 0 Å². The van der Waals surface area contributed by atoms with Gasteiger partial charge in [-0.1, -0.05) is 152 Å². The van der Waals surface area contributed by atoms with Gasteiger partial charge in [0.15, 0.2) is 0 Å². The number of furan rings is 2. The Hall–Kier alpha value is -7.42. The van der Waals surface area contributed by atoms with Crippen LogP contribution in [0.25, 0.3) is 121 Å². The molecule has 56 heavy (non-hydrogen) atoms. The van der Waals surface area contributed by atoms with E-state index in [0.717, 1.165) is 66.1 Å². The molecule has 0 aliphatic heterocycles. The quantitative estimate of drug-likeness (QED) is 0.170. The molecule has 0 radical (unpaired) electrons. The van der Waals surface area contributed by atoms with Crippen LogP contribution in [0, 0.1) is 0 Å². The van der Waals surface area contributed by atoms with E-state index in [1.807, 2.05) is 18.2 Å². The minimum absolute atomic E-state index is 0.871. The van der Waals surface area contributed by atoms with E-state index in [2.05, 4.69) is 176 Å². The van der Waals surface area contributed by atoms with Crippen molar-refractivity contribution in [1.82, 2.24) is 0 Å². The molecule has 0 aliphatic carbocycles. The van der Waals surface area contributed by atoms with Gasteiger partial charge < -0.3 is 8.83 Å². The van der Waals surface area contributed by atoms with Crippen LogP contribution in [0.2, 0.25) is 0 Å². The van der Waals surface area contributed by atoms with Gasteiger partial charge in [0.2, 0.25) is 0 Å². The third kappa shape index (κ3) is 4.63. The van der Waals surface area contributed by atoms with Gasteiger partial charge in [0.25, 0.3) is 0 Å². The van der Waals surface area contributed by atoms with E-state index >= 15 is 0 Å². The highest BCUT2D eigenvalue weighted by Crippen LogP contribution is 2.47. The molecule has 12 aromatic rings. The molecule has 0 aliphatic rings. The molecule has 0 atom stereocenters. The standard InChI is InChI=1S/C54H32O2/c1-2-13-34-30-38(25-24-33(34)12-1)52-44-19-5-3-17-42(44)51(43-18-4-6-20-45(43)52)36-14-11-15-37(31-36)53-39(28-29-49-54(53)46-21-8-10-23-48(46)55-49)35-26-27-41-40-16-7-9-22-47(40)56-50(41)32-35/h1-32H. The van der Waals surface area contributed by atoms with Gasteiger partial charge in [-0.3, -0.25) is 0 Å². The summed E-state index contributed by atoms with van der Waals surface area (Å²) >= 11 is 0. The molecule has 0 fully saturated rings. The molecule has 0 amide bonds. The predicted octanol–water partition coefficient (Wildman–Crippen LogP) is 15.6.